The van der Waals surface area contributed by atoms with Gasteiger partial charge in [-0.15, -0.1) is 0 Å². The second-order valence-corrected chi connectivity index (χ2v) is 4.70. The lowest BCUT2D eigenvalue weighted by atomic mass is 10.1. The SMILES string of the molecule is NC(=O)c1cc2nc(-c3ccc(F)cc3)cc(C(F)(F)F)n2n1. The van der Waals surface area contributed by atoms with Gasteiger partial charge < -0.3 is 5.73 Å². The van der Waals surface area contributed by atoms with Crippen molar-refractivity contribution in [2.75, 3.05) is 0 Å². The third-order valence-electron chi connectivity index (χ3n) is 3.11. The number of primary amides is 1. The highest BCUT2D eigenvalue weighted by Gasteiger charge is 2.35. The molecule has 2 N–H and O–H groups in total. The highest BCUT2D eigenvalue weighted by atomic mass is 19.4. The average Bonchev–Trinajstić information content (AvgIpc) is 2.90. The van der Waals surface area contributed by atoms with Gasteiger partial charge in [0.1, 0.15) is 5.82 Å². The molecule has 0 saturated carbocycles. The van der Waals surface area contributed by atoms with Crippen LogP contribution in [0.4, 0.5) is 17.6 Å². The summed E-state index contributed by atoms with van der Waals surface area (Å²) in [5, 5.41) is 3.53. The van der Waals surface area contributed by atoms with E-state index in [0.29, 0.717) is 10.1 Å². The van der Waals surface area contributed by atoms with E-state index in [1.165, 1.54) is 12.1 Å². The standard InChI is InChI=1S/C14H8F4N4O/c15-8-3-1-7(2-4-8)9-5-11(14(16,17)18)22-12(20-9)6-10(21-22)13(19)23/h1-6H,(H2,19,23). The van der Waals surface area contributed by atoms with Gasteiger partial charge in [-0.25, -0.2) is 13.9 Å². The number of hydrogen-bond donors (Lipinski definition) is 1. The van der Waals surface area contributed by atoms with Crippen molar-refractivity contribution < 1.29 is 22.4 Å². The van der Waals surface area contributed by atoms with Gasteiger partial charge in [-0.05, 0) is 30.3 Å². The summed E-state index contributed by atoms with van der Waals surface area (Å²) >= 11 is 0. The fourth-order valence-electron chi connectivity index (χ4n) is 2.07. The van der Waals surface area contributed by atoms with E-state index in [1.54, 1.807) is 0 Å². The summed E-state index contributed by atoms with van der Waals surface area (Å²) in [6, 6.07) is 6.67. The molecule has 0 radical (unpaired) electrons. The zero-order valence-electron chi connectivity index (χ0n) is 11.3. The molecule has 0 unspecified atom stereocenters. The summed E-state index contributed by atoms with van der Waals surface area (Å²) in [7, 11) is 0. The van der Waals surface area contributed by atoms with Crippen molar-refractivity contribution in [3.8, 4) is 11.3 Å². The van der Waals surface area contributed by atoms with Crippen LogP contribution in [0.2, 0.25) is 0 Å². The Bertz CT molecular complexity index is 900. The highest BCUT2D eigenvalue weighted by Crippen LogP contribution is 2.32. The largest absolute Gasteiger partial charge is 0.433 e. The number of carbonyl (C=O) groups is 1. The summed E-state index contributed by atoms with van der Waals surface area (Å²) in [5.41, 5.74) is 3.67. The van der Waals surface area contributed by atoms with E-state index in [1.807, 2.05) is 0 Å². The Labute approximate surface area is 126 Å². The Morgan fingerprint density at radius 1 is 1.13 bits per heavy atom. The first-order valence-corrected chi connectivity index (χ1v) is 6.29. The van der Waals surface area contributed by atoms with Crippen LogP contribution in [0, 0.1) is 5.82 Å². The number of alkyl halides is 3. The minimum atomic E-state index is -4.73. The molecule has 1 aromatic carbocycles. The van der Waals surface area contributed by atoms with Gasteiger partial charge in [-0.1, -0.05) is 0 Å². The molecule has 0 fully saturated rings. The molecule has 0 aliphatic heterocycles. The molecule has 0 aliphatic carbocycles. The van der Waals surface area contributed by atoms with Crippen LogP contribution in [0.3, 0.4) is 0 Å². The van der Waals surface area contributed by atoms with Crippen LogP contribution in [-0.2, 0) is 6.18 Å². The van der Waals surface area contributed by atoms with Crippen LogP contribution in [0.15, 0.2) is 36.4 Å². The number of halogens is 4. The number of aromatic nitrogens is 3. The number of fused-ring (bicyclic) bond motifs is 1. The second kappa shape index (κ2) is 5.04. The molecule has 118 valence electrons. The molecule has 0 atom stereocenters. The molecule has 1 amide bonds. The van der Waals surface area contributed by atoms with Crippen LogP contribution in [0.1, 0.15) is 16.2 Å². The van der Waals surface area contributed by atoms with Crippen molar-refractivity contribution in [2.45, 2.75) is 6.18 Å². The molecule has 0 spiro atoms. The molecular formula is C14H8F4N4O. The normalized spacial score (nSPS) is 11.8. The van der Waals surface area contributed by atoms with Gasteiger partial charge in [-0.2, -0.15) is 18.3 Å². The molecule has 3 aromatic rings. The maximum atomic E-state index is 13.2. The highest BCUT2D eigenvalue weighted by molar-refractivity contribution is 5.91. The third-order valence-corrected chi connectivity index (χ3v) is 3.11. The number of amides is 1. The number of hydrogen-bond acceptors (Lipinski definition) is 3. The Morgan fingerprint density at radius 3 is 2.35 bits per heavy atom. The average molecular weight is 324 g/mol. The Morgan fingerprint density at radius 2 is 1.78 bits per heavy atom. The molecule has 0 bridgehead atoms. The zero-order chi connectivity index (χ0) is 16.8. The van der Waals surface area contributed by atoms with Crippen molar-refractivity contribution in [1.82, 2.24) is 14.6 Å². The van der Waals surface area contributed by atoms with E-state index in [2.05, 4.69) is 10.1 Å². The third kappa shape index (κ3) is 2.72. The number of nitrogens with zero attached hydrogens (tertiary/aromatic N) is 3. The van der Waals surface area contributed by atoms with Crippen LogP contribution in [0.25, 0.3) is 16.9 Å². The summed E-state index contributed by atoms with van der Waals surface area (Å²) < 4.78 is 53.1. The lowest BCUT2D eigenvalue weighted by Crippen LogP contribution is -2.15. The van der Waals surface area contributed by atoms with Crippen molar-refractivity contribution in [1.29, 1.82) is 0 Å². The van der Waals surface area contributed by atoms with Gasteiger partial charge in [0.2, 0.25) is 0 Å². The van der Waals surface area contributed by atoms with Gasteiger partial charge >= 0.3 is 6.18 Å². The van der Waals surface area contributed by atoms with Crippen molar-refractivity contribution in [3.05, 3.63) is 53.6 Å². The smallest absolute Gasteiger partial charge is 0.364 e. The van der Waals surface area contributed by atoms with E-state index in [9.17, 15) is 22.4 Å². The van der Waals surface area contributed by atoms with Crippen LogP contribution < -0.4 is 5.73 Å². The first kappa shape index (κ1) is 14.9. The first-order chi connectivity index (χ1) is 10.8. The van der Waals surface area contributed by atoms with Gasteiger partial charge in [0.05, 0.1) is 5.69 Å². The molecule has 2 heterocycles. The van der Waals surface area contributed by atoms with E-state index >= 15 is 0 Å². The van der Waals surface area contributed by atoms with Gasteiger partial charge in [0.15, 0.2) is 17.0 Å². The van der Waals surface area contributed by atoms with Crippen molar-refractivity contribution >= 4 is 11.6 Å². The fraction of sp³-hybridized carbons (Fsp3) is 0.0714. The van der Waals surface area contributed by atoms with Crippen LogP contribution in [0.5, 0.6) is 0 Å². The van der Waals surface area contributed by atoms with Crippen molar-refractivity contribution in [2.24, 2.45) is 5.73 Å². The van der Waals surface area contributed by atoms with Crippen LogP contribution >= 0.6 is 0 Å². The quantitative estimate of drug-likeness (QED) is 0.737. The first-order valence-electron chi connectivity index (χ1n) is 6.29. The minimum Gasteiger partial charge on any atom is -0.364 e. The summed E-state index contributed by atoms with van der Waals surface area (Å²) in [5.74, 6) is -1.49. The molecule has 5 nitrogen and oxygen atoms in total. The molecule has 3 rings (SSSR count). The van der Waals surface area contributed by atoms with Crippen molar-refractivity contribution in [3.63, 3.8) is 0 Å². The fourth-order valence-corrected chi connectivity index (χ4v) is 2.07. The van der Waals surface area contributed by atoms with E-state index in [0.717, 1.165) is 24.3 Å². The van der Waals surface area contributed by atoms with Gasteiger partial charge in [-0.3, -0.25) is 4.79 Å². The second-order valence-electron chi connectivity index (χ2n) is 4.70. The molecule has 0 saturated heterocycles. The molecule has 0 aliphatic rings. The van der Waals surface area contributed by atoms with Crippen LogP contribution in [-0.4, -0.2) is 20.5 Å². The summed E-state index contributed by atoms with van der Waals surface area (Å²) in [6.45, 7) is 0. The summed E-state index contributed by atoms with van der Waals surface area (Å²) in [4.78, 5) is 15.1. The Hall–Kier alpha value is -2.97. The lowest BCUT2D eigenvalue weighted by molar-refractivity contribution is -0.142. The molecule has 2 aromatic heterocycles. The predicted molar refractivity (Wildman–Crippen MR) is 71.9 cm³/mol. The zero-order valence-corrected chi connectivity index (χ0v) is 11.3. The van der Waals surface area contributed by atoms with E-state index in [4.69, 9.17) is 5.73 Å². The molecular weight excluding hydrogens is 316 g/mol. The number of nitrogens with two attached hydrogens (primary N) is 1. The molecule has 9 heteroatoms. The Balaban J connectivity index is 2.28. The minimum absolute atomic E-state index is 0.0271. The maximum absolute atomic E-state index is 13.2. The number of rotatable bonds is 2. The van der Waals surface area contributed by atoms with Gasteiger partial charge in [0, 0.05) is 11.6 Å². The van der Waals surface area contributed by atoms with E-state index < -0.39 is 23.6 Å². The number of benzene rings is 1. The number of carbonyl (C=O) groups excluding carboxylic acids is 1. The predicted octanol–water partition coefficient (Wildman–Crippen LogP) is 2.65. The topological polar surface area (TPSA) is 73.3 Å². The lowest BCUT2D eigenvalue weighted by Gasteiger charge is -2.11. The summed E-state index contributed by atoms with van der Waals surface area (Å²) in [6.07, 6.45) is -4.73. The monoisotopic (exact) mass is 324 g/mol. The van der Waals surface area contributed by atoms with E-state index in [-0.39, 0.29) is 17.0 Å². The maximum Gasteiger partial charge on any atom is 0.433 e. The van der Waals surface area contributed by atoms with Gasteiger partial charge in [0.25, 0.3) is 5.91 Å². The molecule has 23 heavy (non-hydrogen) atoms. The Kier molecular flexibility index (Phi) is 3.28.